The first-order valence-electron chi connectivity index (χ1n) is 12.0. The molecule has 2 aromatic carbocycles. The number of anilines is 1. The number of aliphatic carboxylic acids is 2. The summed E-state index contributed by atoms with van der Waals surface area (Å²) in [4.78, 5) is 60.8. The van der Waals surface area contributed by atoms with Gasteiger partial charge in [-0.1, -0.05) is 18.1 Å². The lowest BCUT2D eigenvalue weighted by molar-refractivity contribution is -0.140. The van der Waals surface area contributed by atoms with Crippen molar-refractivity contribution < 1.29 is 24.6 Å². The van der Waals surface area contributed by atoms with E-state index >= 15 is 0 Å². The molecule has 4 N–H and O–H groups in total. The van der Waals surface area contributed by atoms with Gasteiger partial charge in [0.05, 0.1) is 23.0 Å². The number of aromatic nitrogens is 3. The maximum Gasteiger partial charge on any atom is 0.326 e. The largest absolute Gasteiger partial charge is 0.481 e. The Morgan fingerprint density at radius 3 is 2.56 bits per heavy atom. The van der Waals surface area contributed by atoms with Gasteiger partial charge in [-0.2, -0.15) is 0 Å². The van der Waals surface area contributed by atoms with Crippen molar-refractivity contribution in [1.29, 1.82) is 0 Å². The van der Waals surface area contributed by atoms with Crippen LogP contribution in [0.1, 0.15) is 34.7 Å². The van der Waals surface area contributed by atoms with Crippen molar-refractivity contribution in [1.82, 2.24) is 20.3 Å². The number of aromatic amines is 1. The minimum Gasteiger partial charge on any atom is -0.481 e. The standard InChI is InChI=1S/C28H25N5O6/c1-3-13-33(15-17-7-9-21-19(14-17)26(36)30-16(2)29-21)24-6-4-5-20-18(24)8-10-22(31-20)27(37)32-23(28(38)39)11-12-25(34)35/h1,4-10,14,23H,11-13,15H2,2H3,(H,32,37)(H,34,35)(H,38,39)(H,29,30,36)/t23-/m0/s1. The van der Waals surface area contributed by atoms with Crippen molar-refractivity contribution in [2.75, 3.05) is 11.4 Å². The topological polar surface area (TPSA) is 166 Å². The average molecular weight is 528 g/mol. The van der Waals surface area contributed by atoms with Crippen LogP contribution in [0.4, 0.5) is 5.69 Å². The van der Waals surface area contributed by atoms with Crippen LogP contribution >= 0.6 is 0 Å². The van der Waals surface area contributed by atoms with Gasteiger partial charge in [-0.05, 0) is 55.3 Å². The zero-order valence-electron chi connectivity index (χ0n) is 21.0. The van der Waals surface area contributed by atoms with Crippen molar-refractivity contribution in [3.8, 4) is 12.3 Å². The molecule has 4 rings (SSSR count). The molecule has 11 heteroatoms. The first kappa shape index (κ1) is 26.8. The van der Waals surface area contributed by atoms with E-state index in [0.717, 1.165) is 11.3 Å². The molecule has 0 aliphatic rings. The van der Waals surface area contributed by atoms with Crippen LogP contribution in [0.25, 0.3) is 21.8 Å². The molecule has 11 nitrogen and oxygen atoms in total. The maximum absolute atomic E-state index is 12.7. The molecule has 0 bridgehead atoms. The molecule has 0 aliphatic carbocycles. The van der Waals surface area contributed by atoms with Crippen molar-refractivity contribution in [3.63, 3.8) is 0 Å². The second kappa shape index (κ2) is 11.4. The number of carbonyl (C=O) groups is 3. The van der Waals surface area contributed by atoms with Crippen LogP contribution in [0.2, 0.25) is 0 Å². The quantitative estimate of drug-likeness (QED) is 0.227. The van der Waals surface area contributed by atoms with Gasteiger partial charge in [-0.3, -0.25) is 14.4 Å². The fourth-order valence-electron chi connectivity index (χ4n) is 4.26. The predicted octanol–water partition coefficient (Wildman–Crippen LogP) is 2.47. The number of terminal acetylenes is 1. The fraction of sp³-hybridized carbons (Fsp3) is 0.214. The van der Waals surface area contributed by atoms with E-state index in [-0.39, 0.29) is 24.2 Å². The first-order chi connectivity index (χ1) is 18.7. The second-order valence-corrected chi connectivity index (χ2v) is 8.90. The van der Waals surface area contributed by atoms with Gasteiger partial charge >= 0.3 is 11.9 Å². The van der Waals surface area contributed by atoms with Crippen LogP contribution in [-0.2, 0) is 16.1 Å². The Hall–Kier alpha value is -5.24. The molecule has 2 heterocycles. The summed E-state index contributed by atoms with van der Waals surface area (Å²) >= 11 is 0. The number of fused-ring (bicyclic) bond motifs is 2. The van der Waals surface area contributed by atoms with Crippen molar-refractivity contribution in [2.24, 2.45) is 0 Å². The molecule has 0 saturated heterocycles. The Morgan fingerprint density at radius 1 is 1.08 bits per heavy atom. The number of benzene rings is 2. The lowest BCUT2D eigenvalue weighted by atomic mass is 10.1. The first-order valence-corrected chi connectivity index (χ1v) is 12.0. The normalized spacial score (nSPS) is 11.6. The van der Waals surface area contributed by atoms with Crippen molar-refractivity contribution in [3.05, 3.63) is 76.0 Å². The fourth-order valence-corrected chi connectivity index (χ4v) is 4.26. The highest BCUT2D eigenvalue weighted by Crippen LogP contribution is 2.28. The third kappa shape index (κ3) is 6.19. The monoisotopic (exact) mass is 527 g/mol. The Kier molecular flexibility index (Phi) is 7.86. The summed E-state index contributed by atoms with van der Waals surface area (Å²) in [7, 11) is 0. The molecule has 0 aliphatic heterocycles. The smallest absolute Gasteiger partial charge is 0.326 e. The Labute approximate surface area is 222 Å². The summed E-state index contributed by atoms with van der Waals surface area (Å²) in [5, 5.41) is 21.7. The molecular weight excluding hydrogens is 502 g/mol. The van der Waals surface area contributed by atoms with E-state index in [9.17, 15) is 24.3 Å². The summed E-state index contributed by atoms with van der Waals surface area (Å²) < 4.78 is 0. The summed E-state index contributed by atoms with van der Waals surface area (Å²) in [6.45, 7) is 2.36. The van der Waals surface area contributed by atoms with Crippen LogP contribution in [0, 0.1) is 19.3 Å². The minimum atomic E-state index is -1.36. The number of nitrogens with one attached hydrogen (secondary N) is 2. The summed E-state index contributed by atoms with van der Waals surface area (Å²) in [6, 6.07) is 12.6. The third-order valence-corrected chi connectivity index (χ3v) is 6.08. The summed E-state index contributed by atoms with van der Waals surface area (Å²) in [5.74, 6) is -0.0419. The highest BCUT2D eigenvalue weighted by atomic mass is 16.4. The number of hydrogen-bond donors (Lipinski definition) is 4. The van der Waals surface area contributed by atoms with E-state index in [0.29, 0.717) is 34.2 Å². The molecular formula is C28H25N5O6. The molecule has 2 aromatic heterocycles. The van der Waals surface area contributed by atoms with Crippen LogP contribution in [0.5, 0.6) is 0 Å². The van der Waals surface area contributed by atoms with Gasteiger partial charge in [0.2, 0.25) is 0 Å². The molecule has 39 heavy (non-hydrogen) atoms. The van der Waals surface area contributed by atoms with Gasteiger partial charge in [0.15, 0.2) is 0 Å². The van der Waals surface area contributed by atoms with E-state index in [2.05, 4.69) is 26.2 Å². The molecule has 198 valence electrons. The number of carbonyl (C=O) groups excluding carboxylic acids is 1. The molecule has 1 atom stereocenters. The molecule has 0 unspecified atom stereocenters. The molecule has 0 fully saturated rings. The molecule has 0 spiro atoms. The highest BCUT2D eigenvalue weighted by Gasteiger charge is 2.22. The number of rotatable bonds is 10. The van der Waals surface area contributed by atoms with Gasteiger partial charge in [0.25, 0.3) is 11.5 Å². The van der Waals surface area contributed by atoms with Gasteiger partial charge in [-0.25, -0.2) is 14.8 Å². The number of pyridine rings is 1. The summed E-state index contributed by atoms with van der Waals surface area (Å²) in [5.41, 5.74) is 2.44. The molecule has 0 radical (unpaired) electrons. The number of amides is 1. The maximum atomic E-state index is 12.7. The van der Waals surface area contributed by atoms with E-state index in [1.807, 2.05) is 17.0 Å². The SMILES string of the molecule is C#CCN(Cc1ccc2nc(C)[nH]c(=O)c2c1)c1cccc2nc(C(=O)N[C@@H](CCC(=O)O)C(=O)O)ccc12. The highest BCUT2D eigenvalue weighted by molar-refractivity contribution is 5.99. The zero-order chi connectivity index (χ0) is 28.1. The van der Waals surface area contributed by atoms with Crippen LogP contribution in [0.3, 0.4) is 0 Å². The lowest BCUT2D eigenvalue weighted by Gasteiger charge is -2.24. The van der Waals surface area contributed by atoms with Crippen LogP contribution in [-0.4, -0.2) is 55.6 Å². The van der Waals surface area contributed by atoms with E-state index < -0.39 is 30.3 Å². The average Bonchev–Trinajstić information content (AvgIpc) is 2.90. The lowest BCUT2D eigenvalue weighted by Crippen LogP contribution is -2.41. The van der Waals surface area contributed by atoms with Crippen LogP contribution < -0.4 is 15.8 Å². The predicted molar refractivity (Wildman–Crippen MR) is 144 cm³/mol. The number of carboxylic acids is 2. The summed E-state index contributed by atoms with van der Waals surface area (Å²) in [6.07, 6.45) is 5.00. The van der Waals surface area contributed by atoms with E-state index in [1.54, 1.807) is 37.3 Å². The molecule has 0 saturated carbocycles. The van der Waals surface area contributed by atoms with Gasteiger partial charge in [-0.15, -0.1) is 6.42 Å². The van der Waals surface area contributed by atoms with E-state index in [4.69, 9.17) is 11.5 Å². The van der Waals surface area contributed by atoms with Gasteiger partial charge in [0, 0.05) is 24.0 Å². The molecule has 4 aromatic rings. The van der Waals surface area contributed by atoms with E-state index in [1.165, 1.54) is 6.07 Å². The second-order valence-electron chi connectivity index (χ2n) is 8.90. The Bertz CT molecular complexity index is 1690. The number of hydrogen-bond acceptors (Lipinski definition) is 7. The Balaban J connectivity index is 1.62. The third-order valence-electron chi connectivity index (χ3n) is 6.08. The Morgan fingerprint density at radius 2 is 1.85 bits per heavy atom. The zero-order valence-corrected chi connectivity index (χ0v) is 21.0. The van der Waals surface area contributed by atoms with Gasteiger partial charge < -0.3 is 25.4 Å². The van der Waals surface area contributed by atoms with Crippen molar-refractivity contribution in [2.45, 2.75) is 32.4 Å². The van der Waals surface area contributed by atoms with Crippen LogP contribution in [0.15, 0.2) is 53.3 Å². The minimum absolute atomic E-state index is 0.0127. The van der Waals surface area contributed by atoms with Gasteiger partial charge in [0.1, 0.15) is 17.6 Å². The number of nitrogens with zero attached hydrogens (tertiary/aromatic N) is 3. The molecule has 1 amide bonds. The number of carboxylic acid groups (broad SMARTS) is 2. The van der Waals surface area contributed by atoms with Crippen molar-refractivity contribution >= 4 is 45.3 Å². The number of H-pyrrole nitrogens is 1. The number of aryl methyl sites for hydroxylation is 1.